The molecule has 0 aliphatic carbocycles. The number of nitrogens with two attached hydrogens (primary N) is 1. The normalized spacial score (nSPS) is 10.8. The summed E-state index contributed by atoms with van der Waals surface area (Å²) < 4.78 is 1.04. The largest absolute Gasteiger partial charge is 0.330 e. The first kappa shape index (κ1) is 12.9. The molecule has 0 aliphatic rings. The van der Waals surface area contributed by atoms with E-state index in [0.29, 0.717) is 6.54 Å². The van der Waals surface area contributed by atoms with E-state index in [-0.39, 0.29) is 0 Å². The second kappa shape index (κ2) is 5.87. The average molecular weight is 285 g/mol. The van der Waals surface area contributed by atoms with Gasteiger partial charge in [0, 0.05) is 21.0 Å². The van der Waals surface area contributed by atoms with E-state index in [4.69, 9.17) is 17.3 Å². The third-order valence-corrected chi connectivity index (χ3v) is 4.63. The van der Waals surface area contributed by atoms with Gasteiger partial charge in [0.15, 0.2) is 4.34 Å². The highest BCUT2D eigenvalue weighted by atomic mass is 35.5. The van der Waals surface area contributed by atoms with Crippen molar-refractivity contribution in [2.24, 2.45) is 5.73 Å². The molecule has 0 aliphatic heterocycles. The highest BCUT2D eigenvalue weighted by Gasteiger charge is 2.07. The molecule has 0 fully saturated rings. The van der Waals surface area contributed by atoms with Crippen LogP contribution in [0.15, 0.2) is 32.8 Å². The fraction of sp³-hybridized carbons (Fsp3) is 0.250. The zero-order valence-electron chi connectivity index (χ0n) is 9.44. The Kier molecular flexibility index (Phi) is 4.45. The summed E-state index contributed by atoms with van der Waals surface area (Å²) in [6, 6.07) is 5.93. The van der Waals surface area contributed by atoms with Gasteiger partial charge in [-0.2, -0.15) is 0 Å². The van der Waals surface area contributed by atoms with E-state index < -0.39 is 0 Å². The summed E-state index contributed by atoms with van der Waals surface area (Å²) in [6.07, 6.45) is 0.865. The molecule has 2 nitrogen and oxygen atoms in total. The lowest BCUT2D eigenvalue weighted by molar-refractivity contribution is 0.944. The summed E-state index contributed by atoms with van der Waals surface area (Å²) in [5, 5.41) is 2.80. The molecule has 0 unspecified atom stereocenters. The van der Waals surface area contributed by atoms with Gasteiger partial charge in [0.05, 0.1) is 0 Å². The van der Waals surface area contributed by atoms with Crippen molar-refractivity contribution in [2.75, 3.05) is 6.54 Å². The lowest BCUT2D eigenvalue weighted by Gasteiger charge is -2.07. The van der Waals surface area contributed by atoms with Gasteiger partial charge in [-0.15, -0.1) is 11.3 Å². The molecule has 2 aromatic rings. The van der Waals surface area contributed by atoms with Gasteiger partial charge in [-0.1, -0.05) is 29.4 Å². The first-order valence-electron chi connectivity index (χ1n) is 5.27. The molecule has 0 spiro atoms. The molecule has 0 saturated carbocycles. The quantitative estimate of drug-likeness (QED) is 0.929. The highest BCUT2D eigenvalue weighted by molar-refractivity contribution is 8.01. The van der Waals surface area contributed by atoms with Crippen LogP contribution in [0.25, 0.3) is 0 Å². The zero-order valence-corrected chi connectivity index (χ0v) is 11.8. The standard InChI is InChI=1S/C12H13ClN2S2/c1-8-7-16-12(15-8)17-11-6-10(13)3-2-9(11)4-5-14/h2-3,6-7H,4-5,14H2,1H3. The number of halogens is 1. The van der Waals surface area contributed by atoms with Gasteiger partial charge >= 0.3 is 0 Å². The molecule has 17 heavy (non-hydrogen) atoms. The van der Waals surface area contributed by atoms with Crippen molar-refractivity contribution in [1.82, 2.24) is 4.98 Å². The van der Waals surface area contributed by atoms with Crippen molar-refractivity contribution in [3.8, 4) is 0 Å². The van der Waals surface area contributed by atoms with Crippen molar-refractivity contribution in [2.45, 2.75) is 22.6 Å². The maximum Gasteiger partial charge on any atom is 0.154 e. The second-order valence-electron chi connectivity index (χ2n) is 3.65. The van der Waals surface area contributed by atoms with E-state index in [2.05, 4.69) is 10.4 Å². The van der Waals surface area contributed by atoms with Crippen LogP contribution in [0, 0.1) is 6.92 Å². The van der Waals surface area contributed by atoms with Gasteiger partial charge in [0.2, 0.25) is 0 Å². The van der Waals surface area contributed by atoms with Crippen molar-refractivity contribution < 1.29 is 0 Å². The lowest BCUT2D eigenvalue weighted by atomic mass is 10.1. The number of aromatic nitrogens is 1. The number of nitrogens with zero attached hydrogens (tertiary/aromatic N) is 1. The van der Waals surface area contributed by atoms with Crippen LogP contribution in [0.3, 0.4) is 0 Å². The molecule has 0 amide bonds. The lowest BCUT2D eigenvalue weighted by Crippen LogP contribution is -2.03. The number of hydrogen-bond acceptors (Lipinski definition) is 4. The zero-order chi connectivity index (χ0) is 12.3. The summed E-state index contributed by atoms with van der Waals surface area (Å²) in [5.74, 6) is 0. The van der Waals surface area contributed by atoms with Crippen LogP contribution in [0.1, 0.15) is 11.3 Å². The Bertz CT molecular complexity index is 511. The summed E-state index contributed by atoms with van der Waals surface area (Å²) in [4.78, 5) is 5.59. The van der Waals surface area contributed by atoms with Gasteiger partial charge in [0.25, 0.3) is 0 Å². The monoisotopic (exact) mass is 284 g/mol. The third-order valence-electron chi connectivity index (χ3n) is 2.24. The number of hydrogen-bond donors (Lipinski definition) is 1. The van der Waals surface area contributed by atoms with Gasteiger partial charge in [0.1, 0.15) is 0 Å². The molecule has 0 radical (unpaired) electrons. The van der Waals surface area contributed by atoms with Crippen molar-refractivity contribution in [1.29, 1.82) is 0 Å². The first-order chi connectivity index (χ1) is 8.19. The summed E-state index contributed by atoms with van der Waals surface area (Å²) in [7, 11) is 0. The smallest absolute Gasteiger partial charge is 0.154 e. The molecule has 0 bridgehead atoms. The predicted octanol–water partition coefficient (Wildman–Crippen LogP) is 3.76. The Balaban J connectivity index is 2.26. The Hall–Kier alpha value is -0.550. The van der Waals surface area contributed by atoms with Gasteiger partial charge in [-0.25, -0.2) is 4.98 Å². The summed E-state index contributed by atoms with van der Waals surface area (Å²) in [5.41, 5.74) is 7.90. The molecular formula is C12H13ClN2S2. The number of rotatable bonds is 4. The topological polar surface area (TPSA) is 38.9 Å². The molecule has 5 heteroatoms. The van der Waals surface area contributed by atoms with E-state index in [0.717, 1.165) is 26.4 Å². The molecule has 90 valence electrons. The van der Waals surface area contributed by atoms with Crippen molar-refractivity contribution in [3.05, 3.63) is 39.9 Å². The Morgan fingerprint density at radius 1 is 1.47 bits per heavy atom. The Morgan fingerprint density at radius 2 is 2.29 bits per heavy atom. The van der Waals surface area contributed by atoms with Crippen LogP contribution in [0.5, 0.6) is 0 Å². The fourth-order valence-corrected chi connectivity index (χ4v) is 3.69. The van der Waals surface area contributed by atoms with Crippen LogP contribution in [-0.2, 0) is 6.42 Å². The Morgan fingerprint density at radius 3 is 2.94 bits per heavy atom. The van der Waals surface area contributed by atoms with Gasteiger partial charge < -0.3 is 5.73 Å². The van der Waals surface area contributed by atoms with E-state index in [9.17, 15) is 0 Å². The SMILES string of the molecule is Cc1csc(Sc2cc(Cl)ccc2CCN)n1. The van der Waals surface area contributed by atoms with Crippen molar-refractivity contribution >= 4 is 34.7 Å². The van der Waals surface area contributed by atoms with E-state index in [1.807, 2.05) is 25.1 Å². The first-order valence-corrected chi connectivity index (χ1v) is 7.35. The van der Waals surface area contributed by atoms with Crippen molar-refractivity contribution in [3.63, 3.8) is 0 Å². The Labute approximate surface area is 114 Å². The second-order valence-corrected chi connectivity index (χ2v) is 6.23. The van der Waals surface area contributed by atoms with Gasteiger partial charge in [-0.3, -0.25) is 0 Å². The molecule has 2 rings (SSSR count). The maximum absolute atomic E-state index is 6.03. The number of thiazole rings is 1. The minimum Gasteiger partial charge on any atom is -0.330 e. The van der Waals surface area contributed by atoms with Gasteiger partial charge in [-0.05, 0) is 37.6 Å². The van der Waals surface area contributed by atoms with Crippen LogP contribution in [0.2, 0.25) is 5.02 Å². The van der Waals surface area contributed by atoms with Crippen LogP contribution >= 0.6 is 34.7 Å². The molecule has 0 saturated heterocycles. The molecule has 1 aromatic carbocycles. The molecule has 1 heterocycles. The fourth-order valence-electron chi connectivity index (χ4n) is 1.46. The summed E-state index contributed by atoms with van der Waals surface area (Å²) >= 11 is 9.34. The molecular weight excluding hydrogens is 272 g/mol. The maximum atomic E-state index is 6.03. The van der Waals surface area contributed by atoms with E-state index >= 15 is 0 Å². The number of aryl methyl sites for hydroxylation is 1. The molecule has 2 N–H and O–H groups in total. The number of benzene rings is 1. The minimum absolute atomic E-state index is 0.645. The van der Waals surface area contributed by atoms with E-state index in [1.54, 1.807) is 23.1 Å². The minimum atomic E-state index is 0.645. The van der Waals surface area contributed by atoms with Crippen LogP contribution in [-0.4, -0.2) is 11.5 Å². The van der Waals surface area contributed by atoms with Crippen LogP contribution < -0.4 is 5.73 Å². The predicted molar refractivity (Wildman–Crippen MR) is 75.2 cm³/mol. The molecule has 1 aromatic heterocycles. The molecule has 0 atom stereocenters. The van der Waals surface area contributed by atoms with E-state index in [1.165, 1.54) is 5.56 Å². The summed E-state index contributed by atoms with van der Waals surface area (Å²) in [6.45, 7) is 2.64. The van der Waals surface area contributed by atoms with Crippen LogP contribution in [0.4, 0.5) is 0 Å². The third kappa shape index (κ3) is 3.45. The highest BCUT2D eigenvalue weighted by Crippen LogP contribution is 2.34. The average Bonchev–Trinajstić information content (AvgIpc) is 2.68.